The number of nitrogens with zero attached hydrogens (tertiary/aromatic N) is 1. The first-order valence-corrected chi connectivity index (χ1v) is 4.78. The highest BCUT2D eigenvalue weighted by Crippen LogP contribution is 2.28. The van der Waals surface area contributed by atoms with Crippen LogP contribution in [0, 0.1) is 0 Å². The van der Waals surface area contributed by atoms with Gasteiger partial charge in [-0.3, -0.25) is 4.79 Å². The predicted molar refractivity (Wildman–Crippen MR) is 67.7 cm³/mol. The summed E-state index contributed by atoms with van der Waals surface area (Å²) >= 11 is 5.93. The fraction of sp³-hybridized carbons (Fsp3) is 0.300. The van der Waals surface area contributed by atoms with Gasteiger partial charge in [0.25, 0.3) is 0 Å². The zero-order valence-electron chi connectivity index (χ0n) is 9.07. The van der Waals surface area contributed by atoms with Gasteiger partial charge in [-0.05, 0) is 18.2 Å². The van der Waals surface area contributed by atoms with Crippen molar-refractivity contribution in [2.75, 3.05) is 25.6 Å². The minimum absolute atomic E-state index is 0. The zero-order chi connectivity index (χ0) is 11.4. The molecular weight excluding hydrogens is 251 g/mol. The standard InChI is InChI=1S/C10H13ClN2O2.ClH/c1-13(10(14)6-12)7-3-4-9(15-2)8(11)5-7;/h3-5H,6,12H2,1-2H3;1H. The molecule has 0 atom stereocenters. The van der Waals surface area contributed by atoms with Crippen molar-refractivity contribution in [3.05, 3.63) is 23.2 Å². The van der Waals surface area contributed by atoms with E-state index in [4.69, 9.17) is 22.1 Å². The topological polar surface area (TPSA) is 55.6 Å². The molecule has 0 unspecified atom stereocenters. The number of methoxy groups -OCH3 is 1. The van der Waals surface area contributed by atoms with Crippen LogP contribution in [0.1, 0.15) is 0 Å². The molecule has 2 N–H and O–H groups in total. The van der Waals surface area contributed by atoms with Gasteiger partial charge in [-0.15, -0.1) is 12.4 Å². The largest absolute Gasteiger partial charge is 0.495 e. The van der Waals surface area contributed by atoms with E-state index in [1.807, 2.05) is 0 Å². The number of halogens is 2. The molecule has 0 fully saturated rings. The molecule has 0 aliphatic heterocycles. The average Bonchev–Trinajstić information content (AvgIpc) is 2.26. The lowest BCUT2D eigenvalue weighted by molar-refractivity contribution is -0.117. The SMILES string of the molecule is COc1ccc(N(C)C(=O)CN)cc1Cl.Cl. The molecule has 6 heteroatoms. The maximum absolute atomic E-state index is 11.3. The van der Waals surface area contributed by atoms with E-state index >= 15 is 0 Å². The monoisotopic (exact) mass is 264 g/mol. The molecule has 1 rings (SSSR count). The number of ether oxygens (including phenoxy) is 1. The van der Waals surface area contributed by atoms with Gasteiger partial charge in [0.1, 0.15) is 5.75 Å². The highest BCUT2D eigenvalue weighted by Gasteiger charge is 2.10. The quantitative estimate of drug-likeness (QED) is 0.904. The van der Waals surface area contributed by atoms with E-state index in [9.17, 15) is 4.79 Å². The van der Waals surface area contributed by atoms with E-state index in [0.29, 0.717) is 16.5 Å². The van der Waals surface area contributed by atoms with Crippen molar-refractivity contribution >= 4 is 35.6 Å². The minimum atomic E-state index is -0.170. The lowest BCUT2D eigenvalue weighted by Gasteiger charge is -2.17. The number of likely N-dealkylation sites (N-methyl/N-ethyl adjacent to an activating group) is 1. The Bertz CT molecular complexity index is 372. The summed E-state index contributed by atoms with van der Waals surface area (Å²) in [7, 11) is 3.18. The highest BCUT2D eigenvalue weighted by molar-refractivity contribution is 6.32. The second-order valence-electron chi connectivity index (χ2n) is 2.98. The summed E-state index contributed by atoms with van der Waals surface area (Å²) in [6.07, 6.45) is 0. The molecule has 4 nitrogen and oxygen atoms in total. The molecule has 0 aliphatic carbocycles. The molecule has 1 aromatic rings. The Hall–Kier alpha value is -0.970. The van der Waals surface area contributed by atoms with Gasteiger partial charge in [0.05, 0.1) is 18.7 Å². The van der Waals surface area contributed by atoms with Gasteiger partial charge in [0.2, 0.25) is 5.91 Å². The number of carbonyl (C=O) groups excluding carboxylic acids is 1. The number of amides is 1. The van der Waals surface area contributed by atoms with Gasteiger partial charge in [0.15, 0.2) is 0 Å². The molecule has 1 aromatic carbocycles. The molecule has 0 aromatic heterocycles. The Labute approximate surface area is 106 Å². The number of hydrogen-bond donors (Lipinski definition) is 1. The van der Waals surface area contributed by atoms with Crippen LogP contribution in [-0.2, 0) is 4.79 Å². The van der Waals surface area contributed by atoms with Crippen LogP contribution >= 0.6 is 24.0 Å². The van der Waals surface area contributed by atoms with Crippen LogP contribution in [0.25, 0.3) is 0 Å². The van der Waals surface area contributed by atoms with Crippen molar-refractivity contribution in [1.82, 2.24) is 0 Å². The van der Waals surface area contributed by atoms with E-state index < -0.39 is 0 Å². The van der Waals surface area contributed by atoms with Gasteiger partial charge >= 0.3 is 0 Å². The van der Waals surface area contributed by atoms with Gasteiger partial charge in [-0.1, -0.05) is 11.6 Å². The van der Waals surface area contributed by atoms with Crippen molar-refractivity contribution in [2.24, 2.45) is 5.73 Å². The molecule has 90 valence electrons. The maximum atomic E-state index is 11.3. The second kappa shape index (κ2) is 6.58. The summed E-state index contributed by atoms with van der Waals surface area (Å²) in [5, 5.41) is 0.465. The smallest absolute Gasteiger partial charge is 0.240 e. The summed E-state index contributed by atoms with van der Waals surface area (Å²) in [4.78, 5) is 12.8. The van der Waals surface area contributed by atoms with E-state index in [-0.39, 0.29) is 24.9 Å². The van der Waals surface area contributed by atoms with Crippen LogP contribution in [0.5, 0.6) is 5.75 Å². The Morgan fingerprint density at radius 3 is 2.62 bits per heavy atom. The minimum Gasteiger partial charge on any atom is -0.495 e. The van der Waals surface area contributed by atoms with Crippen molar-refractivity contribution in [3.63, 3.8) is 0 Å². The van der Waals surface area contributed by atoms with E-state index in [1.165, 1.54) is 12.0 Å². The van der Waals surface area contributed by atoms with Crippen molar-refractivity contribution in [3.8, 4) is 5.75 Å². The van der Waals surface area contributed by atoms with Gasteiger partial charge in [0, 0.05) is 12.7 Å². The normalized spacial score (nSPS) is 9.25. The van der Waals surface area contributed by atoms with Gasteiger partial charge < -0.3 is 15.4 Å². The highest BCUT2D eigenvalue weighted by atomic mass is 35.5. The van der Waals surface area contributed by atoms with Crippen LogP contribution in [0.2, 0.25) is 5.02 Å². The molecule has 16 heavy (non-hydrogen) atoms. The number of carbonyl (C=O) groups is 1. The Balaban J connectivity index is 0.00000225. The van der Waals surface area contributed by atoms with Crippen LogP contribution in [0.4, 0.5) is 5.69 Å². The molecule has 0 bridgehead atoms. The van der Waals surface area contributed by atoms with Crippen LogP contribution in [0.3, 0.4) is 0 Å². The van der Waals surface area contributed by atoms with Crippen molar-refractivity contribution < 1.29 is 9.53 Å². The molecule has 0 saturated carbocycles. The first-order chi connectivity index (χ1) is 7.10. The maximum Gasteiger partial charge on any atom is 0.240 e. The van der Waals surface area contributed by atoms with Gasteiger partial charge in [-0.2, -0.15) is 0 Å². The second-order valence-corrected chi connectivity index (χ2v) is 3.38. The van der Waals surface area contributed by atoms with Crippen LogP contribution in [0.15, 0.2) is 18.2 Å². The zero-order valence-corrected chi connectivity index (χ0v) is 10.6. The van der Waals surface area contributed by atoms with E-state index in [2.05, 4.69) is 0 Å². The summed E-state index contributed by atoms with van der Waals surface area (Å²) in [6.45, 7) is -0.0276. The molecule has 0 spiro atoms. The van der Waals surface area contributed by atoms with Crippen molar-refractivity contribution in [1.29, 1.82) is 0 Å². The number of rotatable bonds is 3. The first-order valence-electron chi connectivity index (χ1n) is 4.40. The van der Waals surface area contributed by atoms with Crippen molar-refractivity contribution in [2.45, 2.75) is 0 Å². The van der Waals surface area contributed by atoms with Crippen LogP contribution in [-0.4, -0.2) is 26.6 Å². The summed E-state index contributed by atoms with van der Waals surface area (Å²) in [5.74, 6) is 0.408. The van der Waals surface area contributed by atoms with Crippen LogP contribution < -0.4 is 15.4 Å². The summed E-state index contributed by atoms with van der Waals surface area (Å²) in [5.41, 5.74) is 5.95. The molecular formula is C10H14Cl2N2O2. The Morgan fingerprint density at radius 1 is 1.56 bits per heavy atom. The third-order valence-electron chi connectivity index (χ3n) is 2.07. The third kappa shape index (κ3) is 3.27. The Morgan fingerprint density at radius 2 is 2.19 bits per heavy atom. The summed E-state index contributed by atoms with van der Waals surface area (Å²) < 4.78 is 5.01. The lowest BCUT2D eigenvalue weighted by atomic mass is 10.2. The Kier molecular flexibility index (Phi) is 6.18. The number of benzene rings is 1. The van der Waals surface area contributed by atoms with Gasteiger partial charge in [-0.25, -0.2) is 0 Å². The molecule has 1 amide bonds. The molecule has 0 saturated heterocycles. The number of nitrogens with two attached hydrogens (primary N) is 1. The first kappa shape index (κ1) is 15.0. The lowest BCUT2D eigenvalue weighted by Crippen LogP contribution is -2.32. The molecule has 0 aliphatic rings. The average molecular weight is 265 g/mol. The third-order valence-corrected chi connectivity index (χ3v) is 2.37. The fourth-order valence-electron chi connectivity index (χ4n) is 1.14. The fourth-order valence-corrected chi connectivity index (χ4v) is 1.40. The number of anilines is 1. The predicted octanol–water partition coefficient (Wildman–Crippen LogP) is 1.69. The summed E-state index contributed by atoms with van der Waals surface area (Å²) in [6, 6.07) is 5.12. The molecule has 0 heterocycles. The number of hydrogen-bond acceptors (Lipinski definition) is 3. The van der Waals surface area contributed by atoms with E-state index in [0.717, 1.165) is 0 Å². The van der Waals surface area contributed by atoms with E-state index in [1.54, 1.807) is 25.2 Å². The molecule has 0 radical (unpaired) electrons.